The molecule has 4 nitrogen and oxygen atoms in total. The molecule has 0 fully saturated rings. The first kappa shape index (κ1) is 17.1. The quantitative estimate of drug-likeness (QED) is 0.852. The Labute approximate surface area is 133 Å². The molecule has 7 heteroatoms. The van der Waals surface area contributed by atoms with E-state index < -0.39 is 21.6 Å². The van der Waals surface area contributed by atoms with Gasteiger partial charge >= 0.3 is 0 Å². The number of rotatable bonds is 5. The van der Waals surface area contributed by atoms with Gasteiger partial charge in [-0.3, -0.25) is 4.79 Å². The number of halogens is 2. The van der Waals surface area contributed by atoms with E-state index in [4.69, 9.17) is 0 Å². The van der Waals surface area contributed by atoms with Crippen LogP contribution in [0.5, 0.6) is 0 Å². The minimum absolute atomic E-state index is 0.0637. The molecular formula is C16H15F2NO3S. The number of carbonyl (C=O) groups is 1. The molecule has 0 aliphatic carbocycles. The monoisotopic (exact) mass is 339 g/mol. The normalized spacial score (nSPS) is 11.3. The lowest BCUT2D eigenvalue weighted by Crippen LogP contribution is -2.14. The number of aryl methyl sites for hydroxylation is 1. The van der Waals surface area contributed by atoms with Gasteiger partial charge in [-0.15, -0.1) is 0 Å². The molecule has 0 heterocycles. The SMILES string of the molecule is CS(=O)(=O)c1ccc(F)c(NC(=O)CCc2ccc(F)cc2)c1. The smallest absolute Gasteiger partial charge is 0.224 e. The fraction of sp³-hybridized carbons (Fsp3) is 0.188. The van der Waals surface area contributed by atoms with Crippen LogP contribution in [0.4, 0.5) is 14.5 Å². The first-order chi connectivity index (χ1) is 10.8. The Kier molecular flexibility index (Phi) is 5.10. The van der Waals surface area contributed by atoms with Crippen LogP contribution < -0.4 is 5.32 Å². The maximum Gasteiger partial charge on any atom is 0.224 e. The molecule has 0 saturated heterocycles. The van der Waals surface area contributed by atoms with Gasteiger partial charge < -0.3 is 5.32 Å². The number of sulfone groups is 1. The molecular weight excluding hydrogens is 324 g/mol. The number of anilines is 1. The van der Waals surface area contributed by atoms with Crippen LogP contribution >= 0.6 is 0 Å². The van der Waals surface area contributed by atoms with Crippen LogP contribution in [0.25, 0.3) is 0 Å². The van der Waals surface area contributed by atoms with Crippen LogP contribution in [0.1, 0.15) is 12.0 Å². The van der Waals surface area contributed by atoms with Gasteiger partial charge in [0.2, 0.25) is 5.91 Å². The molecule has 2 aromatic carbocycles. The largest absolute Gasteiger partial charge is 0.324 e. The summed E-state index contributed by atoms with van der Waals surface area (Å²) in [6.45, 7) is 0. The summed E-state index contributed by atoms with van der Waals surface area (Å²) in [6, 6.07) is 8.93. The number of nitrogens with one attached hydrogen (secondary N) is 1. The molecule has 0 aliphatic rings. The molecule has 0 aromatic heterocycles. The minimum atomic E-state index is -3.49. The van der Waals surface area contributed by atoms with E-state index in [9.17, 15) is 22.0 Å². The average molecular weight is 339 g/mol. The van der Waals surface area contributed by atoms with Crippen LogP contribution in [0, 0.1) is 11.6 Å². The second-order valence-corrected chi connectivity index (χ2v) is 7.10. The Bertz CT molecular complexity index is 818. The topological polar surface area (TPSA) is 63.2 Å². The summed E-state index contributed by atoms with van der Waals surface area (Å²) in [7, 11) is -3.49. The molecule has 0 unspecified atom stereocenters. The predicted molar refractivity (Wildman–Crippen MR) is 82.9 cm³/mol. The summed E-state index contributed by atoms with van der Waals surface area (Å²) in [5, 5.41) is 2.35. The Morgan fingerprint density at radius 3 is 2.35 bits per heavy atom. The zero-order valence-electron chi connectivity index (χ0n) is 12.3. The summed E-state index contributed by atoms with van der Waals surface area (Å²) >= 11 is 0. The number of hydrogen-bond acceptors (Lipinski definition) is 3. The van der Waals surface area contributed by atoms with E-state index in [-0.39, 0.29) is 22.8 Å². The molecule has 2 aromatic rings. The maximum absolute atomic E-state index is 13.7. The van der Waals surface area contributed by atoms with Crippen molar-refractivity contribution in [3.8, 4) is 0 Å². The van der Waals surface area contributed by atoms with Crippen molar-refractivity contribution in [3.63, 3.8) is 0 Å². The summed E-state index contributed by atoms with van der Waals surface area (Å²) in [5.41, 5.74) is 0.587. The molecule has 0 aliphatic heterocycles. The number of carbonyl (C=O) groups excluding carboxylic acids is 1. The Balaban J connectivity index is 2.04. The molecule has 23 heavy (non-hydrogen) atoms. The first-order valence-corrected chi connectivity index (χ1v) is 8.69. The standard InChI is InChI=1S/C16H15F2NO3S/c1-23(21,22)13-7-8-14(18)15(10-13)19-16(20)9-4-11-2-5-12(17)6-3-11/h2-3,5-8,10H,4,9H2,1H3,(H,19,20). The fourth-order valence-electron chi connectivity index (χ4n) is 1.95. The highest BCUT2D eigenvalue weighted by Gasteiger charge is 2.13. The Hall–Kier alpha value is -2.28. The summed E-state index contributed by atoms with van der Waals surface area (Å²) < 4.78 is 49.4. The van der Waals surface area contributed by atoms with E-state index >= 15 is 0 Å². The van der Waals surface area contributed by atoms with Crippen molar-refractivity contribution in [2.24, 2.45) is 0 Å². The van der Waals surface area contributed by atoms with E-state index in [1.807, 2.05) is 0 Å². The third-order valence-corrected chi connectivity index (χ3v) is 4.30. The average Bonchev–Trinajstić information content (AvgIpc) is 2.48. The lowest BCUT2D eigenvalue weighted by Gasteiger charge is -2.08. The van der Waals surface area contributed by atoms with Crippen LogP contribution in [0.2, 0.25) is 0 Å². The van der Waals surface area contributed by atoms with Gasteiger partial charge in [-0.05, 0) is 42.3 Å². The van der Waals surface area contributed by atoms with Crippen LogP contribution in [-0.4, -0.2) is 20.6 Å². The predicted octanol–water partition coefficient (Wildman–Crippen LogP) is 2.94. The second kappa shape index (κ2) is 6.87. The van der Waals surface area contributed by atoms with E-state index in [1.165, 1.54) is 12.1 Å². The third-order valence-electron chi connectivity index (χ3n) is 3.19. The van der Waals surface area contributed by atoms with Crippen LogP contribution in [-0.2, 0) is 21.1 Å². The van der Waals surface area contributed by atoms with Crippen molar-refractivity contribution in [1.82, 2.24) is 0 Å². The van der Waals surface area contributed by atoms with Gasteiger partial charge in [-0.1, -0.05) is 12.1 Å². The van der Waals surface area contributed by atoms with Gasteiger partial charge in [0, 0.05) is 12.7 Å². The highest BCUT2D eigenvalue weighted by molar-refractivity contribution is 7.90. The lowest BCUT2D eigenvalue weighted by atomic mass is 10.1. The van der Waals surface area contributed by atoms with Crippen molar-refractivity contribution in [2.45, 2.75) is 17.7 Å². The van der Waals surface area contributed by atoms with Gasteiger partial charge in [0.25, 0.3) is 0 Å². The highest BCUT2D eigenvalue weighted by Crippen LogP contribution is 2.20. The van der Waals surface area contributed by atoms with Gasteiger partial charge in [0.15, 0.2) is 9.84 Å². The van der Waals surface area contributed by atoms with Crippen molar-refractivity contribution in [2.75, 3.05) is 11.6 Å². The Morgan fingerprint density at radius 1 is 1.09 bits per heavy atom. The van der Waals surface area contributed by atoms with Crippen molar-refractivity contribution in [3.05, 3.63) is 59.7 Å². The third kappa shape index (κ3) is 4.85. The Morgan fingerprint density at radius 2 is 1.74 bits per heavy atom. The first-order valence-electron chi connectivity index (χ1n) is 6.79. The molecule has 0 spiro atoms. The minimum Gasteiger partial charge on any atom is -0.324 e. The van der Waals surface area contributed by atoms with Crippen molar-refractivity contribution >= 4 is 21.4 Å². The molecule has 0 bridgehead atoms. The molecule has 0 radical (unpaired) electrons. The van der Waals surface area contributed by atoms with Gasteiger partial charge in [0.1, 0.15) is 11.6 Å². The molecule has 1 amide bonds. The van der Waals surface area contributed by atoms with Crippen LogP contribution in [0.3, 0.4) is 0 Å². The fourth-order valence-corrected chi connectivity index (χ4v) is 2.60. The molecule has 1 N–H and O–H groups in total. The van der Waals surface area contributed by atoms with Gasteiger partial charge in [0.05, 0.1) is 10.6 Å². The van der Waals surface area contributed by atoms with Gasteiger partial charge in [-0.2, -0.15) is 0 Å². The lowest BCUT2D eigenvalue weighted by molar-refractivity contribution is -0.116. The van der Waals surface area contributed by atoms with E-state index in [0.29, 0.717) is 6.42 Å². The highest BCUT2D eigenvalue weighted by atomic mass is 32.2. The zero-order chi connectivity index (χ0) is 17.0. The zero-order valence-corrected chi connectivity index (χ0v) is 13.2. The number of hydrogen-bond donors (Lipinski definition) is 1. The maximum atomic E-state index is 13.7. The van der Waals surface area contributed by atoms with Crippen molar-refractivity contribution in [1.29, 1.82) is 0 Å². The van der Waals surface area contributed by atoms with E-state index in [2.05, 4.69) is 5.32 Å². The molecule has 0 atom stereocenters. The van der Waals surface area contributed by atoms with E-state index in [0.717, 1.165) is 30.0 Å². The molecule has 2 rings (SSSR count). The van der Waals surface area contributed by atoms with Crippen molar-refractivity contribution < 1.29 is 22.0 Å². The number of benzene rings is 2. The summed E-state index contributed by atoms with van der Waals surface area (Å²) in [5.74, 6) is -1.54. The summed E-state index contributed by atoms with van der Waals surface area (Å²) in [4.78, 5) is 11.8. The van der Waals surface area contributed by atoms with Gasteiger partial charge in [-0.25, -0.2) is 17.2 Å². The molecule has 122 valence electrons. The molecule has 0 saturated carbocycles. The second-order valence-electron chi connectivity index (χ2n) is 5.09. The number of amides is 1. The van der Waals surface area contributed by atoms with Crippen LogP contribution in [0.15, 0.2) is 47.4 Å². The summed E-state index contributed by atoms with van der Waals surface area (Å²) in [6.07, 6.45) is 1.42. The van der Waals surface area contributed by atoms with E-state index in [1.54, 1.807) is 12.1 Å².